The maximum absolute atomic E-state index is 11.6. The maximum atomic E-state index is 11.6. The summed E-state index contributed by atoms with van der Waals surface area (Å²) in [5.74, 6) is -0.530. The molecule has 3 atom stereocenters. The summed E-state index contributed by atoms with van der Waals surface area (Å²) in [6.07, 6.45) is 7.44. The molecule has 0 aromatic rings. The number of hydrogen-bond donors (Lipinski definition) is 3. The van der Waals surface area contributed by atoms with Gasteiger partial charge in [0.2, 0.25) is 0 Å². The van der Waals surface area contributed by atoms with Crippen molar-refractivity contribution < 1.29 is 20.1 Å². The Morgan fingerprint density at radius 1 is 1.32 bits per heavy atom. The molecule has 0 aromatic heterocycles. The van der Waals surface area contributed by atoms with Gasteiger partial charge in [-0.3, -0.25) is 4.79 Å². The lowest BCUT2D eigenvalue weighted by molar-refractivity contribution is -0.158. The van der Waals surface area contributed by atoms with Crippen LogP contribution in [-0.2, 0) is 4.79 Å². The van der Waals surface area contributed by atoms with Gasteiger partial charge in [0.05, 0.1) is 0 Å². The molecule has 1 rings (SSSR count). The maximum Gasteiger partial charge on any atom is 0.189 e. The molecule has 0 amide bonds. The zero-order chi connectivity index (χ0) is 13.6. The van der Waals surface area contributed by atoms with Crippen molar-refractivity contribution in [2.45, 2.75) is 64.3 Å². The van der Waals surface area contributed by atoms with Crippen LogP contribution >= 0.6 is 0 Å². The van der Waals surface area contributed by atoms with Gasteiger partial charge in [-0.1, -0.05) is 32.9 Å². The van der Waals surface area contributed by atoms with E-state index in [0.717, 1.165) is 25.3 Å². The van der Waals surface area contributed by atoms with Crippen LogP contribution in [-0.4, -0.2) is 38.9 Å². The van der Waals surface area contributed by atoms with E-state index in [-0.39, 0.29) is 13.8 Å². The summed E-state index contributed by atoms with van der Waals surface area (Å²) in [6, 6.07) is 0. The highest BCUT2D eigenvalue weighted by Gasteiger charge is 2.46. The van der Waals surface area contributed by atoms with E-state index >= 15 is 0 Å². The van der Waals surface area contributed by atoms with Crippen LogP contribution in [0.25, 0.3) is 0 Å². The van der Waals surface area contributed by atoms with E-state index in [2.05, 4.69) is 13.0 Å². The lowest BCUT2D eigenvalue weighted by Crippen LogP contribution is -2.56. The molecule has 3 N–H and O–H groups in total. The summed E-state index contributed by atoms with van der Waals surface area (Å²) >= 11 is 0. The molecule has 0 radical (unpaired) electrons. The van der Waals surface area contributed by atoms with Crippen LogP contribution in [0.5, 0.6) is 0 Å². The van der Waals surface area contributed by atoms with Gasteiger partial charge in [0.1, 0.15) is 12.2 Å². The topological polar surface area (TPSA) is 77.8 Å². The minimum Gasteiger partial charge on any atom is -0.387 e. The van der Waals surface area contributed by atoms with Gasteiger partial charge in [0.25, 0.3) is 0 Å². The molecule has 110 valence electrons. The van der Waals surface area contributed by atoms with Gasteiger partial charge in [-0.2, -0.15) is 0 Å². The molecule has 0 saturated heterocycles. The fourth-order valence-corrected chi connectivity index (χ4v) is 2.03. The minimum atomic E-state index is -1.84. The summed E-state index contributed by atoms with van der Waals surface area (Å²) in [5, 5.41) is 29.3. The first-order valence-corrected chi connectivity index (χ1v) is 6.48. The Balaban J connectivity index is 0.00000324. The Labute approximate surface area is 115 Å². The van der Waals surface area contributed by atoms with Crippen LogP contribution in [0.1, 0.15) is 46.5 Å². The van der Waals surface area contributed by atoms with Crippen molar-refractivity contribution in [3.8, 4) is 0 Å². The van der Waals surface area contributed by atoms with Crippen LogP contribution in [0.15, 0.2) is 24.3 Å². The van der Waals surface area contributed by atoms with Crippen molar-refractivity contribution >= 4 is 5.78 Å². The van der Waals surface area contributed by atoms with E-state index in [0.29, 0.717) is 6.42 Å². The van der Waals surface area contributed by atoms with Crippen LogP contribution < -0.4 is 0 Å². The first-order valence-electron chi connectivity index (χ1n) is 6.48. The van der Waals surface area contributed by atoms with Crippen LogP contribution in [0, 0.1) is 0 Å². The average Bonchev–Trinajstić information content (AvgIpc) is 2.36. The molecule has 19 heavy (non-hydrogen) atoms. The van der Waals surface area contributed by atoms with Crippen LogP contribution in [0.3, 0.4) is 0 Å². The van der Waals surface area contributed by atoms with Gasteiger partial charge in [-0.15, -0.1) is 0 Å². The van der Waals surface area contributed by atoms with Crippen molar-refractivity contribution in [3.05, 3.63) is 24.3 Å². The van der Waals surface area contributed by atoms with E-state index in [1.54, 1.807) is 0 Å². The predicted octanol–water partition coefficient (Wildman–Crippen LogP) is 1.74. The normalized spacial score (nSPS) is 30.6. The molecule has 0 aliphatic heterocycles. The van der Waals surface area contributed by atoms with Crippen molar-refractivity contribution in [1.29, 1.82) is 0 Å². The summed E-state index contributed by atoms with van der Waals surface area (Å²) < 4.78 is 0. The average molecular weight is 270 g/mol. The predicted molar refractivity (Wildman–Crippen MR) is 75.7 cm³/mol. The summed E-state index contributed by atoms with van der Waals surface area (Å²) in [6.45, 7) is 2.10. The molecular weight excluding hydrogens is 244 g/mol. The van der Waals surface area contributed by atoms with Gasteiger partial charge in [0, 0.05) is 0 Å². The second kappa shape index (κ2) is 8.25. The highest BCUT2D eigenvalue weighted by atomic mass is 16.4. The smallest absolute Gasteiger partial charge is 0.189 e. The first-order chi connectivity index (χ1) is 8.52. The first kappa shape index (κ1) is 18.0. The molecule has 0 aromatic carbocycles. The minimum absolute atomic E-state index is 0. The third kappa shape index (κ3) is 4.56. The quantitative estimate of drug-likeness (QED) is 0.507. The van der Waals surface area contributed by atoms with E-state index < -0.39 is 23.6 Å². The molecule has 0 unspecified atom stereocenters. The molecule has 0 spiro atoms. The van der Waals surface area contributed by atoms with E-state index in [1.807, 2.05) is 6.08 Å². The Hall–Kier alpha value is -0.970. The number of hydrogen-bond acceptors (Lipinski definition) is 4. The number of unbranched alkanes of at least 4 members (excludes halogenated alkanes) is 2. The van der Waals surface area contributed by atoms with Gasteiger partial charge >= 0.3 is 0 Å². The van der Waals surface area contributed by atoms with Gasteiger partial charge < -0.3 is 15.3 Å². The number of rotatable bonds is 6. The van der Waals surface area contributed by atoms with Crippen molar-refractivity contribution in [1.82, 2.24) is 0 Å². The molecule has 1 aliphatic carbocycles. The standard InChI is InChI=1S/C14H22O4.CH4/c1-2-3-4-5-6-7-10-14(18)12(16)9-8-11(15)13(14)17;/h4-5,8-9,11,13,15,17-18H,2-3,6-7,10H2,1H3;1H4/b5-4-;/t11-,13+,14-;/m0./s1. The largest absolute Gasteiger partial charge is 0.387 e. The molecular formula is C15H26O4. The number of carbonyl (C=O) groups is 1. The number of allylic oxidation sites excluding steroid dienone is 2. The van der Waals surface area contributed by atoms with E-state index in [1.165, 1.54) is 6.08 Å². The molecule has 4 heteroatoms. The van der Waals surface area contributed by atoms with E-state index in [4.69, 9.17) is 0 Å². The second-order valence-electron chi connectivity index (χ2n) is 4.74. The monoisotopic (exact) mass is 270 g/mol. The zero-order valence-corrected chi connectivity index (χ0v) is 10.7. The molecule has 0 heterocycles. The van der Waals surface area contributed by atoms with Gasteiger partial charge in [0.15, 0.2) is 11.4 Å². The Kier molecular flexibility index (Phi) is 7.83. The van der Waals surface area contributed by atoms with Gasteiger partial charge in [-0.05, 0) is 37.8 Å². The van der Waals surface area contributed by atoms with Crippen molar-refractivity contribution in [2.75, 3.05) is 0 Å². The van der Waals surface area contributed by atoms with Crippen molar-refractivity contribution in [2.24, 2.45) is 0 Å². The SMILES string of the molecule is C.CCC/C=C\CCC[C@]1(O)C(=O)C=C[C@H](O)[C@H]1O. The van der Waals surface area contributed by atoms with Gasteiger partial charge in [-0.25, -0.2) is 0 Å². The van der Waals surface area contributed by atoms with Crippen LogP contribution in [0.4, 0.5) is 0 Å². The number of aliphatic hydroxyl groups is 3. The summed E-state index contributed by atoms with van der Waals surface area (Å²) in [4.78, 5) is 11.6. The Bertz CT molecular complexity index is 335. The molecule has 0 bridgehead atoms. The fourth-order valence-electron chi connectivity index (χ4n) is 2.03. The lowest BCUT2D eigenvalue weighted by atomic mass is 9.80. The molecule has 1 aliphatic rings. The number of carbonyl (C=O) groups excluding carboxylic acids is 1. The summed E-state index contributed by atoms with van der Waals surface area (Å²) in [7, 11) is 0. The fraction of sp³-hybridized carbons (Fsp3) is 0.667. The molecule has 4 nitrogen and oxygen atoms in total. The summed E-state index contributed by atoms with van der Waals surface area (Å²) in [5.41, 5.74) is -1.84. The highest BCUT2D eigenvalue weighted by Crippen LogP contribution is 2.27. The highest BCUT2D eigenvalue weighted by molar-refractivity contribution is 5.98. The zero-order valence-electron chi connectivity index (χ0n) is 10.7. The van der Waals surface area contributed by atoms with E-state index in [9.17, 15) is 20.1 Å². The Morgan fingerprint density at radius 3 is 2.58 bits per heavy atom. The molecule has 0 fully saturated rings. The number of aliphatic hydroxyl groups excluding tert-OH is 2. The molecule has 0 saturated carbocycles. The Morgan fingerprint density at radius 2 is 1.95 bits per heavy atom. The third-order valence-corrected chi connectivity index (χ3v) is 3.23. The third-order valence-electron chi connectivity index (χ3n) is 3.23. The van der Waals surface area contributed by atoms with Crippen LogP contribution in [0.2, 0.25) is 0 Å². The second-order valence-corrected chi connectivity index (χ2v) is 4.74. The lowest BCUT2D eigenvalue weighted by Gasteiger charge is -2.35. The van der Waals surface area contributed by atoms with Crippen molar-refractivity contribution in [3.63, 3.8) is 0 Å². The number of ketones is 1.